The van der Waals surface area contributed by atoms with Crippen LogP contribution in [-0.2, 0) is 6.42 Å². The van der Waals surface area contributed by atoms with Crippen LogP contribution in [0.1, 0.15) is 5.56 Å². The van der Waals surface area contributed by atoms with Gasteiger partial charge in [-0.2, -0.15) is 5.21 Å². The molecule has 6 heteroatoms. The minimum atomic E-state index is 0.699. The van der Waals surface area contributed by atoms with E-state index >= 15 is 0 Å². The molecule has 5 nitrogen and oxygen atoms in total. The first-order valence-electron chi connectivity index (χ1n) is 5.35. The van der Waals surface area contributed by atoms with Crippen LogP contribution in [0.5, 0.6) is 0 Å². The highest BCUT2D eigenvalue weighted by Gasteiger charge is 2.04. The molecule has 0 bridgehead atoms. The summed E-state index contributed by atoms with van der Waals surface area (Å²) >= 11 is 1.60. The first-order valence-corrected chi connectivity index (χ1v) is 6.33. The average Bonchev–Trinajstić information content (AvgIpc) is 2.99. The summed E-state index contributed by atoms with van der Waals surface area (Å²) < 4.78 is 0. The van der Waals surface area contributed by atoms with E-state index in [0.717, 1.165) is 12.2 Å². The zero-order valence-corrected chi connectivity index (χ0v) is 9.87. The highest BCUT2D eigenvalue weighted by molar-refractivity contribution is 7.99. The van der Waals surface area contributed by atoms with E-state index in [4.69, 9.17) is 0 Å². The summed E-state index contributed by atoms with van der Waals surface area (Å²) in [6, 6.07) is 8.33. The fourth-order valence-electron chi connectivity index (χ4n) is 1.80. The minimum absolute atomic E-state index is 0.699. The number of para-hydroxylation sites is 1. The Morgan fingerprint density at radius 1 is 1.24 bits per heavy atom. The van der Waals surface area contributed by atoms with Gasteiger partial charge in [-0.15, -0.1) is 10.2 Å². The van der Waals surface area contributed by atoms with Crippen molar-refractivity contribution >= 4 is 22.7 Å². The van der Waals surface area contributed by atoms with Gasteiger partial charge in [0, 0.05) is 22.9 Å². The maximum absolute atomic E-state index is 3.91. The number of tetrazole rings is 1. The number of H-pyrrole nitrogens is 2. The molecule has 0 aliphatic heterocycles. The van der Waals surface area contributed by atoms with Gasteiger partial charge in [-0.3, -0.25) is 0 Å². The van der Waals surface area contributed by atoms with Gasteiger partial charge in [0.25, 0.3) is 0 Å². The quantitative estimate of drug-likeness (QED) is 0.690. The van der Waals surface area contributed by atoms with E-state index in [9.17, 15) is 0 Å². The molecule has 0 amide bonds. The van der Waals surface area contributed by atoms with Crippen LogP contribution in [-0.4, -0.2) is 31.4 Å². The van der Waals surface area contributed by atoms with Crippen LogP contribution < -0.4 is 0 Å². The summed E-state index contributed by atoms with van der Waals surface area (Å²) in [6.45, 7) is 0. The van der Waals surface area contributed by atoms with Crippen LogP contribution in [0.3, 0.4) is 0 Å². The Kier molecular flexibility index (Phi) is 2.79. The molecule has 3 aromatic rings. The average molecular weight is 245 g/mol. The highest BCUT2D eigenvalue weighted by Crippen LogP contribution is 2.20. The standard InChI is InChI=1S/C11H11N5S/c1-2-4-10-9(3-1)8(7-12-10)5-6-17-11-13-15-16-14-11/h1-4,7,12H,5-6H2,(H,13,14,15,16). The lowest BCUT2D eigenvalue weighted by molar-refractivity contribution is 0.881. The first-order chi connectivity index (χ1) is 8.43. The van der Waals surface area contributed by atoms with Crippen LogP contribution in [0.25, 0.3) is 10.9 Å². The van der Waals surface area contributed by atoms with Crippen LogP contribution in [0.15, 0.2) is 35.6 Å². The van der Waals surface area contributed by atoms with E-state index in [2.05, 4.69) is 50.0 Å². The molecule has 0 unspecified atom stereocenters. The number of nitrogens with one attached hydrogen (secondary N) is 2. The van der Waals surface area contributed by atoms with Crippen molar-refractivity contribution in [3.05, 3.63) is 36.0 Å². The Labute approximate surface area is 102 Å². The number of aromatic nitrogens is 5. The Balaban J connectivity index is 1.69. The fourth-order valence-corrected chi connectivity index (χ4v) is 2.51. The van der Waals surface area contributed by atoms with Crippen molar-refractivity contribution in [3.63, 3.8) is 0 Å². The summed E-state index contributed by atoms with van der Waals surface area (Å²) in [4.78, 5) is 3.27. The number of thioether (sulfide) groups is 1. The van der Waals surface area contributed by atoms with Crippen LogP contribution in [0.2, 0.25) is 0 Å². The third kappa shape index (κ3) is 2.16. The second kappa shape index (κ2) is 4.58. The number of aryl methyl sites for hydroxylation is 1. The monoisotopic (exact) mass is 245 g/mol. The van der Waals surface area contributed by atoms with Crippen molar-refractivity contribution in [2.24, 2.45) is 0 Å². The molecule has 0 radical (unpaired) electrons. The molecule has 3 rings (SSSR count). The Hall–Kier alpha value is -1.82. The third-order valence-corrected chi connectivity index (χ3v) is 3.44. The van der Waals surface area contributed by atoms with E-state index < -0.39 is 0 Å². The smallest absolute Gasteiger partial charge is 0.230 e. The van der Waals surface area contributed by atoms with Gasteiger partial charge >= 0.3 is 0 Å². The SMILES string of the molecule is c1ccc2c(CCSc3nn[nH]n3)c[nH]c2c1. The summed E-state index contributed by atoms with van der Waals surface area (Å²) in [6.07, 6.45) is 3.06. The van der Waals surface area contributed by atoms with Crippen molar-refractivity contribution in [2.45, 2.75) is 11.6 Å². The summed E-state index contributed by atoms with van der Waals surface area (Å²) in [5.41, 5.74) is 2.52. The predicted molar refractivity (Wildman–Crippen MR) is 66.9 cm³/mol. The number of rotatable bonds is 4. The molecular weight excluding hydrogens is 234 g/mol. The lowest BCUT2D eigenvalue weighted by atomic mass is 10.1. The normalized spacial score (nSPS) is 11.1. The molecule has 0 atom stereocenters. The van der Waals surface area contributed by atoms with Crippen molar-refractivity contribution in [1.82, 2.24) is 25.6 Å². The van der Waals surface area contributed by atoms with Gasteiger partial charge in [0.05, 0.1) is 0 Å². The topological polar surface area (TPSA) is 70.2 Å². The van der Waals surface area contributed by atoms with Gasteiger partial charge in [-0.1, -0.05) is 30.0 Å². The molecule has 0 fully saturated rings. The zero-order chi connectivity index (χ0) is 11.5. The maximum atomic E-state index is 3.91. The van der Waals surface area contributed by atoms with Gasteiger partial charge in [0.15, 0.2) is 0 Å². The molecule has 0 saturated heterocycles. The van der Waals surface area contributed by atoms with Crippen LogP contribution in [0.4, 0.5) is 0 Å². The fraction of sp³-hybridized carbons (Fsp3) is 0.182. The molecule has 86 valence electrons. The number of hydrogen-bond acceptors (Lipinski definition) is 4. The molecular formula is C11H11N5S. The summed E-state index contributed by atoms with van der Waals surface area (Å²) in [5, 5.41) is 15.8. The van der Waals surface area contributed by atoms with Gasteiger partial charge in [-0.05, 0) is 23.3 Å². The number of nitrogens with zero attached hydrogens (tertiary/aromatic N) is 3. The minimum Gasteiger partial charge on any atom is -0.361 e. The van der Waals surface area contributed by atoms with E-state index in [1.165, 1.54) is 16.5 Å². The Bertz CT molecular complexity index is 601. The van der Waals surface area contributed by atoms with E-state index in [1.807, 2.05) is 6.07 Å². The summed E-state index contributed by atoms with van der Waals surface area (Å²) in [7, 11) is 0. The van der Waals surface area contributed by atoms with Crippen molar-refractivity contribution in [2.75, 3.05) is 5.75 Å². The number of fused-ring (bicyclic) bond motifs is 1. The second-order valence-electron chi connectivity index (χ2n) is 3.65. The molecule has 0 spiro atoms. The van der Waals surface area contributed by atoms with Gasteiger partial charge in [0.1, 0.15) is 0 Å². The highest BCUT2D eigenvalue weighted by atomic mass is 32.2. The first kappa shape index (κ1) is 10.3. The molecule has 2 N–H and O–H groups in total. The lowest BCUT2D eigenvalue weighted by Gasteiger charge is -1.97. The summed E-state index contributed by atoms with van der Waals surface area (Å²) in [5.74, 6) is 0.946. The predicted octanol–water partition coefficient (Wildman–Crippen LogP) is 2.02. The molecule has 0 aliphatic carbocycles. The molecule has 0 saturated carbocycles. The number of benzene rings is 1. The zero-order valence-electron chi connectivity index (χ0n) is 9.05. The van der Waals surface area contributed by atoms with Gasteiger partial charge in [-0.25, -0.2) is 0 Å². The lowest BCUT2D eigenvalue weighted by Crippen LogP contribution is -1.88. The van der Waals surface area contributed by atoms with E-state index in [1.54, 1.807) is 11.8 Å². The largest absolute Gasteiger partial charge is 0.361 e. The van der Waals surface area contributed by atoms with Gasteiger partial charge < -0.3 is 4.98 Å². The molecule has 2 aromatic heterocycles. The van der Waals surface area contributed by atoms with Crippen molar-refractivity contribution in [1.29, 1.82) is 0 Å². The maximum Gasteiger partial charge on any atom is 0.230 e. The Morgan fingerprint density at radius 2 is 2.18 bits per heavy atom. The van der Waals surface area contributed by atoms with Crippen molar-refractivity contribution in [3.8, 4) is 0 Å². The van der Waals surface area contributed by atoms with Crippen LogP contribution >= 0.6 is 11.8 Å². The van der Waals surface area contributed by atoms with Gasteiger partial charge in [0.2, 0.25) is 5.16 Å². The van der Waals surface area contributed by atoms with E-state index in [-0.39, 0.29) is 0 Å². The third-order valence-electron chi connectivity index (χ3n) is 2.60. The molecule has 0 aliphatic rings. The number of hydrogen-bond donors (Lipinski definition) is 2. The van der Waals surface area contributed by atoms with E-state index in [0.29, 0.717) is 5.16 Å². The van der Waals surface area contributed by atoms with Crippen LogP contribution in [0, 0.1) is 0 Å². The Morgan fingerprint density at radius 3 is 3.06 bits per heavy atom. The molecule has 17 heavy (non-hydrogen) atoms. The number of aromatic amines is 2. The molecule has 1 aromatic carbocycles. The van der Waals surface area contributed by atoms with Crippen molar-refractivity contribution < 1.29 is 0 Å². The second-order valence-corrected chi connectivity index (χ2v) is 4.71. The molecule has 2 heterocycles.